The molecule has 0 N–H and O–H groups in total. The number of hydrogen-bond acceptors (Lipinski definition) is 4. The van der Waals surface area contributed by atoms with Crippen molar-refractivity contribution >= 4 is 21.6 Å². The van der Waals surface area contributed by atoms with Gasteiger partial charge in [-0.05, 0) is 51.0 Å². The minimum Gasteiger partial charge on any atom is -0.491 e. The van der Waals surface area contributed by atoms with Crippen molar-refractivity contribution in [2.75, 3.05) is 30.2 Å². The molecule has 1 heterocycles. The fourth-order valence-corrected chi connectivity index (χ4v) is 3.70. The summed E-state index contributed by atoms with van der Waals surface area (Å²) in [7, 11) is -3.45. The number of carbonyl (C=O) groups is 1. The van der Waals surface area contributed by atoms with E-state index in [-0.39, 0.29) is 25.0 Å². The van der Waals surface area contributed by atoms with Crippen LogP contribution in [0.3, 0.4) is 0 Å². The summed E-state index contributed by atoms with van der Waals surface area (Å²) in [5.41, 5.74) is 0.544. The van der Waals surface area contributed by atoms with E-state index in [4.69, 9.17) is 4.74 Å². The summed E-state index contributed by atoms with van der Waals surface area (Å²) in [5, 5.41) is 0. The number of hydrogen-bond donors (Lipinski definition) is 0. The Morgan fingerprint density at radius 2 is 1.79 bits per heavy atom. The van der Waals surface area contributed by atoms with E-state index in [0.717, 1.165) is 32.2 Å². The number of rotatable bonds is 7. The standard InChI is InChI=1S/C17H26N2O4S/c1-14(2)23-16-8-6-15(7-9-16)19(24(3,21)22)13-10-17(20)18-11-4-5-12-18/h6-9,14H,4-5,10-13H2,1-3H3. The van der Waals surface area contributed by atoms with Crippen LogP contribution < -0.4 is 9.04 Å². The van der Waals surface area contributed by atoms with Gasteiger partial charge in [-0.25, -0.2) is 8.42 Å². The van der Waals surface area contributed by atoms with Crippen molar-refractivity contribution < 1.29 is 17.9 Å². The summed E-state index contributed by atoms with van der Waals surface area (Å²) in [6.07, 6.45) is 3.46. The van der Waals surface area contributed by atoms with Crippen molar-refractivity contribution in [2.45, 2.75) is 39.2 Å². The second kappa shape index (κ2) is 7.88. The van der Waals surface area contributed by atoms with E-state index >= 15 is 0 Å². The van der Waals surface area contributed by atoms with Gasteiger partial charge in [0.2, 0.25) is 15.9 Å². The molecule has 24 heavy (non-hydrogen) atoms. The maximum Gasteiger partial charge on any atom is 0.232 e. The molecule has 134 valence electrons. The number of anilines is 1. The molecule has 0 spiro atoms. The molecule has 1 saturated heterocycles. The summed E-state index contributed by atoms with van der Waals surface area (Å²) in [4.78, 5) is 14.0. The average molecular weight is 354 g/mol. The van der Waals surface area contributed by atoms with E-state index in [0.29, 0.717) is 11.4 Å². The number of amides is 1. The van der Waals surface area contributed by atoms with E-state index < -0.39 is 10.0 Å². The van der Waals surface area contributed by atoms with Gasteiger partial charge in [-0.15, -0.1) is 0 Å². The van der Waals surface area contributed by atoms with Crippen LogP contribution in [0.1, 0.15) is 33.1 Å². The number of ether oxygens (including phenoxy) is 1. The molecule has 1 aliphatic rings. The minimum absolute atomic E-state index is 0.0147. The molecule has 1 fully saturated rings. The molecule has 0 aliphatic carbocycles. The first-order valence-corrected chi connectivity index (χ1v) is 10.1. The van der Waals surface area contributed by atoms with Crippen LogP contribution >= 0.6 is 0 Å². The highest BCUT2D eigenvalue weighted by Crippen LogP contribution is 2.23. The predicted octanol–water partition coefficient (Wildman–Crippen LogP) is 2.25. The SMILES string of the molecule is CC(C)Oc1ccc(N(CCC(=O)N2CCCC2)S(C)(=O)=O)cc1. The van der Waals surface area contributed by atoms with E-state index in [1.807, 2.05) is 13.8 Å². The van der Waals surface area contributed by atoms with Crippen molar-refractivity contribution in [3.63, 3.8) is 0 Å². The van der Waals surface area contributed by atoms with Crippen molar-refractivity contribution in [1.29, 1.82) is 0 Å². The number of likely N-dealkylation sites (tertiary alicyclic amines) is 1. The van der Waals surface area contributed by atoms with Gasteiger partial charge >= 0.3 is 0 Å². The third-order valence-corrected chi connectivity index (χ3v) is 5.08. The Bertz CT molecular complexity index is 650. The van der Waals surface area contributed by atoms with Crippen molar-refractivity contribution in [3.05, 3.63) is 24.3 Å². The summed E-state index contributed by atoms with van der Waals surface area (Å²) >= 11 is 0. The van der Waals surface area contributed by atoms with Crippen molar-refractivity contribution in [3.8, 4) is 5.75 Å². The Labute approximate surface area is 144 Å². The Morgan fingerprint density at radius 3 is 2.29 bits per heavy atom. The highest BCUT2D eigenvalue weighted by atomic mass is 32.2. The molecule has 0 radical (unpaired) electrons. The van der Waals surface area contributed by atoms with Crippen molar-refractivity contribution in [1.82, 2.24) is 4.90 Å². The summed E-state index contributed by atoms with van der Waals surface area (Å²) < 4.78 is 31.0. The Kier molecular flexibility index (Phi) is 6.10. The second-order valence-corrected chi connectivity index (χ2v) is 8.24. The molecular weight excluding hydrogens is 328 g/mol. The molecule has 1 aromatic carbocycles. The van der Waals surface area contributed by atoms with Gasteiger partial charge in [-0.1, -0.05) is 0 Å². The number of benzene rings is 1. The van der Waals surface area contributed by atoms with Gasteiger partial charge in [0, 0.05) is 26.1 Å². The highest BCUT2D eigenvalue weighted by molar-refractivity contribution is 7.92. The third kappa shape index (κ3) is 5.12. The highest BCUT2D eigenvalue weighted by Gasteiger charge is 2.22. The molecule has 0 bridgehead atoms. The number of nitrogens with zero attached hydrogens (tertiary/aromatic N) is 2. The fraction of sp³-hybridized carbons (Fsp3) is 0.588. The van der Waals surface area contributed by atoms with Crippen LogP contribution in [0.5, 0.6) is 5.75 Å². The molecular formula is C17H26N2O4S. The van der Waals surface area contributed by atoms with Gasteiger partial charge in [0.25, 0.3) is 0 Å². The fourth-order valence-electron chi connectivity index (χ4n) is 2.77. The molecule has 1 amide bonds. The summed E-state index contributed by atoms with van der Waals surface area (Å²) in [5.74, 6) is 0.705. The Morgan fingerprint density at radius 1 is 1.21 bits per heavy atom. The second-order valence-electron chi connectivity index (χ2n) is 6.33. The molecule has 0 aromatic heterocycles. The van der Waals surface area contributed by atoms with Gasteiger partial charge in [0.05, 0.1) is 18.0 Å². The van der Waals surface area contributed by atoms with Crippen LogP contribution in [0.25, 0.3) is 0 Å². The van der Waals surface area contributed by atoms with Crippen molar-refractivity contribution in [2.24, 2.45) is 0 Å². The van der Waals surface area contributed by atoms with E-state index in [2.05, 4.69) is 0 Å². The summed E-state index contributed by atoms with van der Waals surface area (Å²) in [6.45, 7) is 5.57. The lowest BCUT2D eigenvalue weighted by Gasteiger charge is -2.24. The van der Waals surface area contributed by atoms with Gasteiger partial charge in [0.15, 0.2) is 0 Å². The van der Waals surface area contributed by atoms with Gasteiger partial charge in [-0.2, -0.15) is 0 Å². The zero-order valence-corrected chi connectivity index (χ0v) is 15.4. The van der Waals surface area contributed by atoms with E-state index in [1.165, 1.54) is 4.31 Å². The molecule has 1 aliphatic heterocycles. The van der Waals surface area contributed by atoms with E-state index in [1.54, 1.807) is 29.2 Å². The van der Waals surface area contributed by atoms with Crippen LogP contribution in [-0.4, -0.2) is 51.2 Å². The normalized spacial score (nSPS) is 14.9. The molecule has 0 unspecified atom stereocenters. The third-order valence-electron chi connectivity index (χ3n) is 3.88. The molecule has 7 heteroatoms. The quantitative estimate of drug-likeness (QED) is 0.753. The maximum absolute atomic E-state index is 12.2. The number of carbonyl (C=O) groups excluding carboxylic acids is 1. The molecule has 0 saturated carbocycles. The topological polar surface area (TPSA) is 66.9 Å². The lowest BCUT2D eigenvalue weighted by molar-refractivity contribution is -0.129. The van der Waals surface area contributed by atoms with Gasteiger partial charge in [0.1, 0.15) is 5.75 Å². The average Bonchev–Trinajstić information content (AvgIpc) is 3.01. The Balaban J connectivity index is 2.06. The zero-order valence-electron chi connectivity index (χ0n) is 14.6. The molecule has 0 atom stereocenters. The van der Waals surface area contributed by atoms with Crippen LogP contribution in [-0.2, 0) is 14.8 Å². The summed E-state index contributed by atoms with van der Waals surface area (Å²) in [6, 6.07) is 6.91. The van der Waals surface area contributed by atoms with Crippen LogP contribution in [0.15, 0.2) is 24.3 Å². The Hall–Kier alpha value is -1.76. The monoisotopic (exact) mass is 354 g/mol. The maximum atomic E-state index is 12.2. The molecule has 2 rings (SSSR count). The first-order chi connectivity index (χ1) is 11.3. The van der Waals surface area contributed by atoms with E-state index in [9.17, 15) is 13.2 Å². The number of sulfonamides is 1. The van der Waals surface area contributed by atoms with Crippen LogP contribution in [0.4, 0.5) is 5.69 Å². The molecule has 6 nitrogen and oxygen atoms in total. The first kappa shape index (κ1) is 18.6. The smallest absolute Gasteiger partial charge is 0.232 e. The predicted molar refractivity (Wildman–Crippen MR) is 94.8 cm³/mol. The first-order valence-electron chi connectivity index (χ1n) is 8.29. The van der Waals surface area contributed by atoms with Crippen LogP contribution in [0, 0.1) is 0 Å². The lowest BCUT2D eigenvalue weighted by Crippen LogP contribution is -2.35. The van der Waals surface area contributed by atoms with Crippen LogP contribution in [0.2, 0.25) is 0 Å². The zero-order chi connectivity index (χ0) is 17.7. The molecule has 1 aromatic rings. The van der Waals surface area contributed by atoms with Gasteiger partial charge < -0.3 is 9.64 Å². The van der Waals surface area contributed by atoms with Gasteiger partial charge in [-0.3, -0.25) is 9.10 Å². The minimum atomic E-state index is -3.45. The largest absolute Gasteiger partial charge is 0.491 e. The lowest BCUT2D eigenvalue weighted by atomic mass is 10.3.